The van der Waals surface area contributed by atoms with Crippen LogP contribution in [0, 0.1) is 0 Å². The Morgan fingerprint density at radius 1 is 0.962 bits per heavy atom. The third-order valence-corrected chi connectivity index (χ3v) is 5.17. The summed E-state index contributed by atoms with van der Waals surface area (Å²) in [7, 11) is 3.24. The minimum atomic E-state index is 0.671. The van der Waals surface area contributed by atoms with Crippen LogP contribution in [0.4, 0.5) is 0 Å². The molecule has 1 aromatic heterocycles. The Kier molecular flexibility index (Phi) is 4.57. The lowest BCUT2D eigenvalue weighted by Crippen LogP contribution is -2.14. The predicted octanol–water partition coefficient (Wildman–Crippen LogP) is 3.97. The standard InChI is InChI=1S/C18H15ClN4O2S/c1-24-15-8-5-12(9-16(15)25-2)14-10-26-18-21-20-17(23(18)22-14)11-3-6-13(19)7-4-11/h3-9H,10H2,1-2H3. The van der Waals surface area contributed by atoms with Crippen molar-refractivity contribution in [3.63, 3.8) is 0 Å². The second-order valence-electron chi connectivity index (χ2n) is 5.53. The molecule has 0 radical (unpaired) electrons. The molecule has 6 nitrogen and oxygen atoms in total. The van der Waals surface area contributed by atoms with Crippen molar-refractivity contribution in [1.82, 2.24) is 14.9 Å². The van der Waals surface area contributed by atoms with Gasteiger partial charge >= 0.3 is 0 Å². The van der Waals surface area contributed by atoms with E-state index in [0.29, 0.717) is 28.1 Å². The van der Waals surface area contributed by atoms with E-state index in [9.17, 15) is 0 Å². The van der Waals surface area contributed by atoms with Crippen LogP contribution < -0.4 is 9.47 Å². The molecule has 0 saturated heterocycles. The topological polar surface area (TPSA) is 61.5 Å². The molecule has 0 amide bonds. The molecule has 0 spiro atoms. The average Bonchev–Trinajstić information content (AvgIpc) is 3.11. The molecule has 8 heteroatoms. The van der Waals surface area contributed by atoms with Crippen molar-refractivity contribution in [3.05, 3.63) is 53.1 Å². The van der Waals surface area contributed by atoms with E-state index in [1.807, 2.05) is 42.5 Å². The number of methoxy groups -OCH3 is 2. The van der Waals surface area contributed by atoms with Crippen molar-refractivity contribution >= 4 is 29.1 Å². The maximum Gasteiger partial charge on any atom is 0.212 e. The fourth-order valence-electron chi connectivity index (χ4n) is 2.66. The van der Waals surface area contributed by atoms with Crippen LogP contribution in [0.25, 0.3) is 11.4 Å². The van der Waals surface area contributed by atoms with Crippen molar-refractivity contribution in [2.45, 2.75) is 5.16 Å². The van der Waals surface area contributed by atoms with Crippen molar-refractivity contribution < 1.29 is 9.47 Å². The molecule has 4 rings (SSSR count). The van der Waals surface area contributed by atoms with E-state index >= 15 is 0 Å². The highest BCUT2D eigenvalue weighted by Gasteiger charge is 2.21. The normalized spacial score (nSPS) is 13.1. The van der Waals surface area contributed by atoms with Crippen molar-refractivity contribution in [2.75, 3.05) is 20.0 Å². The minimum Gasteiger partial charge on any atom is -0.493 e. The molecule has 2 aromatic carbocycles. The molecule has 1 aliphatic rings. The number of aromatic nitrogens is 3. The van der Waals surface area contributed by atoms with Crippen molar-refractivity contribution in [3.8, 4) is 22.9 Å². The Balaban J connectivity index is 1.75. The number of thioether (sulfide) groups is 1. The van der Waals surface area contributed by atoms with Gasteiger partial charge in [-0.1, -0.05) is 23.4 Å². The summed E-state index contributed by atoms with van der Waals surface area (Å²) in [4.78, 5) is 0. The van der Waals surface area contributed by atoms with Crippen LogP contribution in [0.5, 0.6) is 11.5 Å². The fraction of sp³-hybridized carbons (Fsp3) is 0.167. The lowest BCUT2D eigenvalue weighted by atomic mass is 10.1. The zero-order chi connectivity index (χ0) is 18.1. The van der Waals surface area contributed by atoms with Crippen LogP contribution in [0.3, 0.4) is 0 Å². The molecule has 1 aliphatic heterocycles. The molecule has 132 valence electrons. The molecule has 26 heavy (non-hydrogen) atoms. The summed E-state index contributed by atoms with van der Waals surface area (Å²) in [5, 5.41) is 14.7. The van der Waals surface area contributed by atoms with Crippen LogP contribution in [-0.4, -0.2) is 40.6 Å². The maximum absolute atomic E-state index is 5.98. The third-order valence-electron chi connectivity index (χ3n) is 3.99. The monoisotopic (exact) mass is 386 g/mol. The first-order valence-corrected chi connectivity index (χ1v) is 9.20. The number of halogens is 1. The van der Waals surface area contributed by atoms with Gasteiger partial charge in [-0.15, -0.1) is 10.2 Å². The van der Waals surface area contributed by atoms with E-state index in [-0.39, 0.29) is 0 Å². The van der Waals surface area contributed by atoms with Crippen LogP contribution in [0.1, 0.15) is 5.56 Å². The summed E-state index contributed by atoms with van der Waals surface area (Å²) in [5.41, 5.74) is 2.79. The number of nitrogens with zero attached hydrogens (tertiary/aromatic N) is 4. The molecule has 2 heterocycles. The minimum absolute atomic E-state index is 0.671. The summed E-state index contributed by atoms with van der Waals surface area (Å²) in [6.07, 6.45) is 0. The summed E-state index contributed by atoms with van der Waals surface area (Å²) in [5.74, 6) is 2.74. The van der Waals surface area contributed by atoms with Gasteiger partial charge in [-0.05, 0) is 42.5 Å². The van der Waals surface area contributed by atoms with E-state index in [1.54, 1.807) is 30.7 Å². The number of ether oxygens (including phenoxy) is 2. The Bertz CT molecular complexity index is 985. The van der Waals surface area contributed by atoms with Gasteiger partial charge in [0.25, 0.3) is 0 Å². The smallest absolute Gasteiger partial charge is 0.212 e. The van der Waals surface area contributed by atoms with Crippen LogP contribution >= 0.6 is 23.4 Å². The molecule has 0 unspecified atom stereocenters. The van der Waals surface area contributed by atoms with E-state index in [1.165, 1.54) is 0 Å². The highest BCUT2D eigenvalue weighted by Crippen LogP contribution is 2.32. The molecule has 0 N–H and O–H groups in total. The molecule has 0 saturated carbocycles. The lowest BCUT2D eigenvalue weighted by molar-refractivity contribution is 0.355. The van der Waals surface area contributed by atoms with Gasteiger partial charge in [-0.3, -0.25) is 0 Å². The van der Waals surface area contributed by atoms with E-state index in [2.05, 4.69) is 10.2 Å². The first-order chi connectivity index (χ1) is 12.7. The second kappa shape index (κ2) is 7.01. The zero-order valence-corrected chi connectivity index (χ0v) is 15.7. The van der Waals surface area contributed by atoms with Gasteiger partial charge in [0.05, 0.1) is 19.9 Å². The Labute approximate surface area is 159 Å². The summed E-state index contributed by atoms with van der Waals surface area (Å²) >= 11 is 7.57. The van der Waals surface area contributed by atoms with Gasteiger partial charge < -0.3 is 9.47 Å². The molecule has 0 fully saturated rings. The molecule has 3 aromatic rings. The SMILES string of the molecule is COc1ccc(C2=Nn3c(nnc3-c3ccc(Cl)cc3)SC2)cc1OC. The lowest BCUT2D eigenvalue weighted by Gasteiger charge is -2.15. The number of hydrogen-bond donors (Lipinski definition) is 0. The second-order valence-corrected chi connectivity index (χ2v) is 6.91. The number of hydrogen-bond acceptors (Lipinski definition) is 6. The largest absolute Gasteiger partial charge is 0.493 e. The van der Waals surface area contributed by atoms with Gasteiger partial charge in [0.15, 0.2) is 17.3 Å². The van der Waals surface area contributed by atoms with Crippen LogP contribution in [0.2, 0.25) is 5.02 Å². The molecule has 0 bridgehead atoms. The number of fused-ring (bicyclic) bond motifs is 1. The Morgan fingerprint density at radius 2 is 1.69 bits per heavy atom. The average molecular weight is 387 g/mol. The van der Waals surface area contributed by atoms with Gasteiger partial charge in [-0.2, -0.15) is 9.78 Å². The zero-order valence-electron chi connectivity index (χ0n) is 14.1. The van der Waals surface area contributed by atoms with Gasteiger partial charge in [-0.25, -0.2) is 0 Å². The molecular weight excluding hydrogens is 372 g/mol. The van der Waals surface area contributed by atoms with Gasteiger partial charge in [0.2, 0.25) is 5.16 Å². The summed E-state index contributed by atoms with van der Waals surface area (Å²) in [6.45, 7) is 0. The summed E-state index contributed by atoms with van der Waals surface area (Å²) < 4.78 is 12.5. The highest BCUT2D eigenvalue weighted by molar-refractivity contribution is 7.99. The quantitative estimate of drug-likeness (QED) is 0.678. The van der Waals surface area contributed by atoms with Crippen LogP contribution in [0.15, 0.2) is 52.7 Å². The molecule has 0 aliphatic carbocycles. The van der Waals surface area contributed by atoms with E-state index in [4.69, 9.17) is 26.2 Å². The van der Waals surface area contributed by atoms with Gasteiger partial charge in [0.1, 0.15) is 0 Å². The third kappa shape index (κ3) is 3.04. The van der Waals surface area contributed by atoms with Gasteiger partial charge in [0, 0.05) is 21.9 Å². The highest BCUT2D eigenvalue weighted by atomic mass is 35.5. The molecular formula is C18H15ClN4O2S. The summed E-state index contributed by atoms with van der Waals surface area (Å²) in [6, 6.07) is 13.2. The first-order valence-electron chi connectivity index (χ1n) is 7.84. The Hall–Kier alpha value is -2.51. The predicted molar refractivity (Wildman–Crippen MR) is 103 cm³/mol. The Morgan fingerprint density at radius 3 is 2.42 bits per heavy atom. The van der Waals surface area contributed by atoms with Crippen molar-refractivity contribution in [1.29, 1.82) is 0 Å². The van der Waals surface area contributed by atoms with Crippen LogP contribution in [-0.2, 0) is 0 Å². The number of rotatable bonds is 4. The molecule has 0 atom stereocenters. The number of benzene rings is 2. The fourth-order valence-corrected chi connectivity index (χ4v) is 3.63. The maximum atomic E-state index is 5.98. The van der Waals surface area contributed by atoms with E-state index in [0.717, 1.165) is 22.0 Å². The van der Waals surface area contributed by atoms with Crippen molar-refractivity contribution in [2.24, 2.45) is 5.10 Å². The first kappa shape index (κ1) is 16.9. The van der Waals surface area contributed by atoms with E-state index < -0.39 is 0 Å².